The molecule has 0 bridgehead atoms. The van der Waals surface area contributed by atoms with Crippen LogP contribution in [0.2, 0.25) is 0 Å². The van der Waals surface area contributed by atoms with E-state index in [4.69, 9.17) is 0 Å². The molecular formula is C32H33F3N6O2. The second-order valence-electron chi connectivity index (χ2n) is 10.2. The number of aromatic nitrogens is 2. The Labute approximate surface area is 248 Å². The van der Waals surface area contributed by atoms with Crippen LogP contribution in [0.25, 0.3) is 0 Å². The number of ketones is 1. The maximum absolute atomic E-state index is 14.6. The zero-order valence-electron chi connectivity index (χ0n) is 24.0. The molecule has 4 aromatic rings. The Kier molecular flexibility index (Phi) is 10.8. The Balaban J connectivity index is 1.38. The Morgan fingerprint density at radius 3 is 2.51 bits per heavy atom. The molecule has 11 heteroatoms. The lowest BCUT2D eigenvalue weighted by Crippen LogP contribution is -2.16. The Morgan fingerprint density at radius 1 is 0.930 bits per heavy atom. The highest BCUT2D eigenvalue weighted by Crippen LogP contribution is 2.22. The molecule has 8 nitrogen and oxygen atoms in total. The van der Waals surface area contributed by atoms with Gasteiger partial charge in [0, 0.05) is 35.2 Å². The zero-order valence-corrected chi connectivity index (χ0v) is 24.0. The molecule has 0 atom stereocenters. The number of alkyl halides is 2. The number of nitrogens with one attached hydrogen (secondary N) is 3. The van der Waals surface area contributed by atoms with Crippen LogP contribution in [-0.4, -0.2) is 53.7 Å². The summed E-state index contributed by atoms with van der Waals surface area (Å²) in [4.78, 5) is 36.5. The number of hydrogen-bond acceptors (Lipinski definition) is 7. The van der Waals surface area contributed by atoms with Gasteiger partial charge in [-0.25, -0.2) is 23.1 Å². The molecule has 1 amide bonds. The molecule has 0 unspecified atom stereocenters. The van der Waals surface area contributed by atoms with Gasteiger partial charge in [-0.1, -0.05) is 24.3 Å². The number of amides is 1. The second-order valence-corrected chi connectivity index (χ2v) is 10.2. The molecule has 0 spiro atoms. The normalized spacial score (nSPS) is 10.9. The van der Waals surface area contributed by atoms with Crippen molar-refractivity contribution >= 4 is 34.7 Å². The molecule has 3 N–H and O–H groups in total. The summed E-state index contributed by atoms with van der Waals surface area (Å²) in [5.74, 6) is -1.08. The number of carbonyl (C=O) groups excluding carboxylic acids is 2. The predicted molar refractivity (Wildman–Crippen MR) is 162 cm³/mol. The van der Waals surface area contributed by atoms with E-state index in [1.165, 1.54) is 36.5 Å². The van der Waals surface area contributed by atoms with Crippen molar-refractivity contribution in [3.8, 4) is 0 Å². The van der Waals surface area contributed by atoms with E-state index in [9.17, 15) is 22.8 Å². The Hall–Kier alpha value is -4.77. The topological polar surface area (TPSA) is 99.2 Å². The van der Waals surface area contributed by atoms with Crippen molar-refractivity contribution in [2.24, 2.45) is 0 Å². The minimum Gasteiger partial charge on any atom is -0.383 e. The van der Waals surface area contributed by atoms with Crippen LogP contribution < -0.4 is 16.0 Å². The van der Waals surface area contributed by atoms with Crippen molar-refractivity contribution in [3.05, 3.63) is 107 Å². The molecule has 224 valence electrons. The first-order valence-corrected chi connectivity index (χ1v) is 13.7. The first kappa shape index (κ1) is 31.2. The molecule has 0 saturated carbocycles. The van der Waals surface area contributed by atoms with Crippen molar-refractivity contribution in [2.45, 2.75) is 26.2 Å². The minimum atomic E-state index is -0.877. The van der Waals surface area contributed by atoms with Crippen molar-refractivity contribution in [1.29, 1.82) is 0 Å². The lowest BCUT2D eigenvalue weighted by molar-refractivity contribution is 0.0988. The molecule has 0 radical (unpaired) electrons. The average Bonchev–Trinajstić information content (AvgIpc) is 3.00. The first-order valence-electron chi connectivity index (χ1n) is 13.7. The van der Waals surface area contributed by atoms with Crippen LogP contribution >= 0.6 is 0 Å². The van der Waals surface area contributed by atoms with Crippen LogP contribution in [0.4, 0.5) is 36.2 Å². The lowest BCUT2D eigenvalue weighted by atomic mass is 10.0. The molecule has 0 aliphatic carbocycles. The molecule has 0 saturated heterocycles. The first-order chi connectivity index (χ1) is 20.7. The highest BCUT2D eigenvalue weighted by Gasteiger charge is 2.15. The van der Waals surface area contributed by atoms with E-state index in [0.717, 1.165) is 13.0 Å². The summed E-state index contributed by atoms with van der Waals surface area (Å²) in [5.41, 5.74) is 2.37. The monoisotopic (exact) mass is 590 g/mol. The highest BCUT2D eigenvalue weighted by atomic mass is 19.1. The van der Waals surface area contributed by atoms with Gasteiger partial charge in [-0.15, -0.1) is 0 Å². The van der Waals surface area contributed by atoms with Gasteiger partial charge >= 0.3 is 0 Å². The van der Waals surface area contributed by atoms with E-state index in [-0.39, 0.29) is 34.8 Å². The van der Waals surface area contributed by atoms with Gasteiger partial charge in [0.15, 0.2) is 5.78 Å². The second kappa shape index (κ2) is 14.9. The summed E-state index contributed by atoms with van der Waals surface area (Å²) < 4.78 is 41.1. The zero-order chi connectivity index (χ0) is 30.8. The maximum Gasteiger partial charge on any atom is 0.256 e. The summed E-state index contributed by atoms with van der Waals surface area (Å²) in [6.45, 7) is -0.120. The fraction of sp³-hybridized carbons (Fsp3) is 0.250. The average molecular weight is 591 g/mol. The number of rotatable bonds is 14. The quantitative estimate of drug-likeness (QED) is 0.116. The van der Waals surface area contributed by atoms with Crippen LogP contribution in [0, 0.1) is 5.82 Å². The molecule has 0 fully saturated rings. The van der Waals surface area contributed by atoms with E-state index in [1.807, 2.05) is 14.1 Å². The van der Waals surface area contributed by atoms with Gasteiger partial charge in [0.05, 0.1) is 17.8 Å². The Bertz CT molecular complexity index is 1580. The molecule has 3 aromatic carbocycles. The van der Waals surface area contributed by atoms with E-state index in [0.29, 0.717) is 34.9 Å². The third-order valence-electron chi connectivity index (χ3n) is 6.54. The smallest absolute Gasteiger partial charge is 0.256 e. The van der Waals surface area contributed by atoms with Crippen LogP contribution in [0.15, 0.2) is 72.9 Å². The fourth-order valence-electron chi connectivity index (χ4n) is 4.31. The van der Waals surface area contributed by atoms with Crippen LogP contribution in [0.5, 0.6) is 0 Å². The van der Waals surface area contributed by atoms with Crippen molar-refractivity contribution in [2.75, 3.05) is 43.1 Å². The molecule has 1 heterocycles. The van der Waals surface area contributed by atoms with Gasteiger partial charge in [-0.2, -0.15) is 0 Å². The summed E-state index contributed by atoms with van der Waals surface area (Å²) >= 11 is 0. The number of anilines is 4. The van der Waals surface area contributed by atoms with Crippen molar-refractivity contribution in [1.82, 2.24) is 14.9 Å². The van der Waals surface area contributed by atoms with Crippen molar-refractivity contribution < 1.29 is 22.8 Å². The number of Topliss-reactive ketones (excluding diaryl/α,β-unsaturated/α-hetero) is 1. The SMILES string of the molecule is CN(C)CCCNc1ccc(Nc2nccc(CC(=O)c3cccc(NC(=O)c4cc(CF)ccc4CF)c3)n2)cc1F. The van der Waals surface area contributed by atoms with Crippen LogP contribution in [-0.2, 0) is 19.8 Å². The van der Waals surface area contributed by atoms with Crippen LogP contribution in [0.3, 0.4) is 0 Å². The van der Waals surface area contributed by atoms with Crippen LogP contribution in [0.1, 0.15) is 44.0 Å². The third-order valence-corrected chi connectivity index (χ3v) is 6.54. The summed E-state index contributed by atoms with van der Waals surface area (Å²) in [6.07, 6.45) is 2.32. The summed E-state index contributed by atoms with van der Waals surface area (Å²) in [5, 5.41) is 8.71. The molecule has 0 aliphatic heterocycles. The summed E-state index contributed by atoms with van der Waals surface area (Å²) in [6, 6.07) is 16.7. The van der Waals surface area contributed by atoms with E-state index in [1.54, 1.807) is 36.4 Å². The van der Waals surface area contributed by atoms with E-state index < -0.39 is 25.1 Å². The molecule has 0 aliphatic rings. The molecule has 4 rings (SSSR count). The van der Waals surface area contributed by atoms with E-state index >= 15 is 0 Å². The number of nitrogens with zero attached hydrogens (tertiary/aromatic N) is 3. The maximum atomic E-state index is 14.6. The van der Waals surface area contributed by atoms with Gasteiger partial charge in [-0.3, -0.25) is 9.59 Å². The largest absolute Gasteiger partial charge is 0.383 e. The Morgan fingerprint density at radius 2 is 1.77 bits per heavy atom. The van der Waals surface area contributed by atoms with Crippen molar-refractivity contribution in [3.63, 3.8) is 0 Å². The van der Waals surface area contributed by atoms with Gasteiger partial charge < -0.3 is 20.9 Å². The molecular weight excluding hydrogens is 557 g/mol. The minimum absolute atomic E-state index is 0.0289. The van der Waals surface area contributed by atoms with Gasteiger partial charge in [0.1, 0.15) is 19.2 Å². The van der Waals surface area contributed by atoms with E-state index in [2.05, 4.69) is 30.8 Å². The number of hydrogen-bond donors (Lipinski definition) is 3. The number of benzene rings is 3. The molecule has 43 heavy (non-hydrogen) atoms. The highest BCUT2D eigenvalue weighted by molar-refractivity contribution is 6.06. The van der Waals surface area contributed by atoms with Gasteiger partial charge in [-0.05, 0) is 80.7 Å². The van der Waals surface area contributed by atoms with Gasteiger partial charge in [0.2, 0.25) is 5.95 Å². The molecule has 1 aromatic heterocycles. The fourth-order valence-corrected chi connectivity index (χ4v) is 4.31. The summed E-state index contributed by atoms with van der Waals surface area (Å²) in [7, 11) is 3.97. The van der Waals surface area contributed by atoms with Gasteiger partial charge in [0.25, 0.3) is 5.91 Å². The predicted octanol–water partition coefficient (Wildman–Crippen LogP) is 6.34. The lowest BCUT2D eigenvalue weighted by Gasteiger charge is -2.12. The standard InChI is InChI=1S/C32H33F3N6O2/c1-41(2)14-4-12-36-29-10-9-25(17-28(29)35)39-32-37-13-11-26(40-32)18-30(42)22-5-3-6-24(16-22)38-31(43)27-15-21(19-33)7-8-23(27)20-34/h3,5-11,13,15-17,36H,4,12,14,18-20H2,1-2H3,(H,38,43)(H,37,39,40). The third kappa shape index (κ3) is 8.86. The number of halogens is 3. The number of carbonyl (C=O) groups is 2.